The number of aromatic amines is 1. The number of benzene rings is 3. The number of aromatic hydroxyl groups is 3. The van der Waals surface area contributed by atoms with E-state index in [2.05, 4.69) is 25.3 Å². The van der Waals surface area contributed by atoms with Crippen molar-refractivity contribution in [3.05, 3.63) is 75.7 Å². The summed E-state index contributed by atoms with van der Waals surface area (Å²) >= 11 is 0. The van der Waals surface area contributed by atoms with Gasteiger partial charge in [-0.05, 0) is 67.8 Å². The van der Waals surface area contributed by atoms with E-state index in [1.54, 1.807) is 19.1 Å². The van der Waals surface area contributed by atoms with E-state index >= 15 is 0 Å². The fraction of sp³-hybridized carbons (Fsp3) is 0.250. The summed E-state index contributed by atoms with van der Waals surface area (Å²) in [7, 11) is 0. The Morgan fingerprint density at radius 3 is 2.27 bits per heavy atom. The number of aliphatic imine (C=N–C) groups is 2. The molecular formula is C32H33CuN5O7. The Kier molecular flexibility index (Phi) is 12.0. The number of hydrogen-bond donors (Lipinski definition) is 5. The molecule has 0 aliphatic carbocycles. The maximum Gasteiger partial charge on any atom is 0.311 e. The van der Waals surface area contributed by atoms with Gasteiger partial charge in [0, 0.05) is 53.6 Å². The summed E-state index contributed by atoms with van der Waals surface area (Å²) in [6, 6.07) is 11.4. The molecule has 0 unspecified atom stereocenters. The number of hydrogen-bond acceptors (Lipinski definition) is 10. The maximum absolute atomic E-state index is 12.7. The Labute approximate surface area is 269 Å². The molecule has 0 bridgehead atoms. The largest absolute Gasteiger partial charge is 0.508 e. The van der Waals surface area contributed by atoms with Crippen molar-refractivity contribution in [1.29, 1.82) is 0 Å². The molecule has 13 heteroatoms. The van der Waals surface area contributed by atoms with Gasteiger partial charge in [0.05, 0.1) is 28.8 Å². The Morgan fingerprint density at radius 2 is 1.60 bits per heavy atom. The molecular weight excluding hydrogens is 630 g/mol. The summed E-state index contributed by atoms with van der Waals surface area (Å²) < 4.78 is 5.32. The predicted molar refractivity (Wildman–Crippen MR) is 167 cm³/mol. The van der Waals surface area contributed by atoms with Crippen molar-refractivity contribution in [3.63, 3.8) is 0 Å². The van der Waals surface area contributed by atoms with E-state index in [9.17, 15) is 29.7 Å². The first kappa shape index (κ1) is 34.5. The number of aromatic nitrogens is 2. The molecule has 45 heavy (non-hydrogen) atoms. The van der Waals surface area contributed by atoms with E-state index in [0.717, 1.165) is 0 Å². The van der Waals surface area contributed by atoms with Crippen LogP contribution in [0.2, 0.25) is 0 Å². The summed E-state index contributed by atoms with van der Waals surface area (Å²) in [6.07, 6.45) is 3.04. The molecule has 0 spiro atoms. The minimum atomic E-state index is -0.612. The molecule has 3 aromatic carbocycles. The van der Waals surface area contributed by atoms with E-state index in [-0.39, 0.29) is 87.1 Å². The zero-order chi connectivity index (χ0) is 31.8. The number of carbonyl (C=O) groups excluding carboxylic acids is 2. The first-order valence-corrected chi connectivity index (χ1v) is 14.0. The van der Waals surface area contributed by atoms with Crippen molar-refractivity contribution in [2.24, 2.45) is 15.9 Å². The number of amides is 1. The third kappa shape index (κ3) is 9.49. The van der Waals surface area contributed by atoms with E-state index in [1.807, 2.05) is 13.8 Å². The third-order valence-electron chi connectivity index (χ3n) is 6.32. The summed E-state index contributed by atoms with van der Waals surface area (Å²) in [4.78, 5) is 52.9. The first-order chi connectivity index (χ1) is 21.0. The van der Waals surface area contributed by atoms with Gasteiger partial charge in [0.25, 0.3) is 5.56 Å². The number of esters is 1. The number of H-pyrrole nitrogens is 1. The number of carbonyl (C=O) groups is 2. The van der Waals surface area contributed by atoms with Gasteiger partial charge in [0.1, 0.15) is 28.7 Å². The molecule has 5 N–H and O–H groups in total. The zero-order valence-electron chi connectivity index (χ0n) is 24.8. The minimum absolute atomic E-state index is 0. The number of rotatable bonds is 11. The number of phenols is 3. The number of ether oxygens (including phenoxy) is 1. The predicted octanol–water partition coefficient (Wildman–Crippen LogP) is 4.56. The van der Waals surface area contributed by atoms with E-state index < -0.39 is 5.97 Å². The average Bonchev–Trinajstić information content (AvgIpc) is 2.97. The normalized spacial score (nSPS) is 11.3. The molecule has 12 nitrogen and oxygen atoms in total. The van der Waals surface area contributed by atoms with Crippen molar-refractivity contribution in [1.82, 2.24) is 15.3 Å². The smallest absolute Gasteiger partial charge is 0.311 e. The quantitative estimate of drug-likeness (QED) is 0.0508. The Hall–Kier alpha value is -5.00. The van der Waals surface area contributed by atoms with Gasteiger partial charge in [-0.25, -0.2) is 4.98 Å². The van der Waals surface area contributed by atoms with Gasteiger partial charge in [0.2, 0.25) is 5.91 Å². The van der Waals surface area contributed by atoms with Crippen LogP contribution >= 0.6 is 0 Å². The first-order valence-electron chi connectivity index (χ1n) is 14.0. The SMILES string of the molecule is CCNC(=O)CCC(=O)Oc1ccc(O)c(C=Nc2cc3[nH]c(=O)c(CC(C)C)nc3cc2N=Cc2cc(O)ccc2O)c1.[Cu]. The van der Waals surface area contributed by atoms with Crippen molar-refractivity contribution in [3.8, 4) is 23.0 Å². The van der Waals surface area contributed by atoms with Gasteiger partial charge >= 0.3 is 5.97 Å². The molecule has 1 heterocycles. The zero-order valence-corrected chi connectivity index (χ0v) is 25.7. The van der Waals surface area contributed by atoms with Crippen molar-refractivity contribution < 1.29 is 46.7 Å². The molecule has 0 fully saturated rings. The molecule has 239 valence electrons. The van der Waals surface area contributed by atoms with Crippen LogP contribution in [0.25, 0.3) is 11.0 Å². The second kappa shape index (κ2) is 15.6. The van der Waals surface area contributed by atoms with E-state index in [0.29, 0.717) is 35.4 Å². The van der Waals surface area contributed by atoms with Gasteiger partial charge < -0.3 is 30.4 Å². The third-order valence-corrected chi connectivity index (χ3v) is 6.32. The van der Waals surface area contributed by atoms with Crippen LogP contribution in [0.15, 0.2) is 63.3 Å². The van der Waals surface area contributed by atoms with Gasteiger partial charge in [-0.15, -0.1) is 0 Å². The number of phenolic OH excluding ortho intramolecular Hbond substituents is 3. The topological polar surface area (TPSA) is 187 Å². The van der Waals surface area contributed by atoms with Crippen LogP contribution in [0.1, 0.15) is 50.4 Å². The molecule has 4 aromatic rings. The Balaban J connectivity index is 0.00000552. The fourth-order valence-corrected chi connectivity index (χ4v) is 4.19. The molecule has 1 amide bonds. The van der Waals surface area contributed by atoms with Crippen molar-refractivity contribution in [2.75, 3.05) is 6.54 Å². The summed E-state index contributed by atoms with van der Waals surface area (Å²) in [5, 5.41) is 33.1. The van der Waals surface area contributed by atoms with Crippen LogP contribution in [-0.4, -0.2) is 56.1 Å². The molecule has 0 aliphatic heterocycles. The molecule has 1 radical (unpaired) electrons. The van der Waals surface area contributed by atoms with Gasteiger partial charge in [-0.1, -0.05) is 13.8 Å². The molecule has 0 atom stereocenters. The van der Waals surface area contributed by atoms with Crippen LogP contribution in [0.5, 0.6) is 23.0 Å². The maximum atomic E-state index is 12.7. The van der Waals surface area contributed by atoms with Crippen molar-refractivity contribution >= 4 is 46.7 Å². The molecule has 0 saturated carbocycles. The van der Waals surface area contributed by atoms with Crippen LogP contribution in [0, 0.1) is 5.92 Å². The van der Waals surface area contributed by atoms with E-state index in [1.165, 1.54) is 48.8 Å². The van der Waals surface area contributed by atoms with Crippen LogP contribution in [0.3, 0.4) is 0 Å². The van der Waals surface area contributed by atoms with Gasteiger partial charge in [0.15, 0.2) is 0 Å². The summed E-state index contributed by atoms with van der Waals surface area (Å²) in [6.45, 7) is 6.21. The van der Waals surface area contributed by atoms with Gasteiger partial charge in [-0.2, -0.15) is 0 Å². The van der Waals surface area contributed by atoms with Gasteiger partial charge in [-0.3, -0.25) is 24.4 Å². The van der Waals surface area contributed by atoms with Crippen LogP contribution in [0.4, 0.5) is 11.4 Å². The summed E-state index contributed by atoms with van der Waals surface area (Å²) in [5.41, 5.74) is 2.02. The number of fused-ring (bicyclic) bond motifs is 1. The number of nitrogens with one attached hydrogen (secondary N) is 2. The summed E-state index contributed by atoms with van der Waals surface area (Å²) in [5.74, 6) is -0.810. The fourth-order valence-electron chi connectivity index (χ4n) is 4.19. The standard InChI is InChI=1S/C32H33N5O7.Cu/c1-4-33-30(41)9-10-31(42)44-22-6-8-29(40)20(13-22)17-35-24-15-26-25(36-27(11-18(2)3)32(43)37-26)14-23(24)34-16-19-12-21(38)5-7-28(19)39;/h5-8,12-18,38-40H,4,9-11H2,1-3H3,(H,33,41)(H,37,43);. The molecule has 4 rings (SSSR count). The monoisotopic (exact) mass is 662 g/mol. The van der Waals surface area contributed by atoms with Crippen LogP contribution in [-0.2, 0) is 33.1 Å². The Morgan fingerprint density at radius 1 is 0.956 bits per heavy atom. The molecule has 0 saturated heterocycles. The molecule has 1 aromatic heterocycles. The van der Waals surface area contributed by atoms with E-state index in [4.69, 9.17) is 4.74 Å². The van der Waals surface area contributed by atoms with Crippen LogP contribution < -0.4 is 15.6 Å². The van der Waals surface area contributed by atoms with Crippen molar-refractivity contribution in [2.45, 2.75) is 40.0 Å². The number of nitrogens with zero attached hydrogens (tertiary/aromatic N) is 3. The second-order valence-corrected chi connectivity index (χ2v) is 10.4. The second-order valence-electron chi connectivity index (χ2n) is 10.4. The average molecular weight is 663 g/mol. The molecule has 0 aliphatic rings. The Bertz CT molecular complexity index is 1820. The minimum Gasteiger partial charge on any atom is -0.508 e.